The fraction of sp³-hybridized carbons (Fsp3) is 1.00. The molecule has 1 rings (SSSR count). The molecule has 0 aromatic heterocycles. The molecular weight excluding hydrogens is 224 g/mol. The molecule has 1 aliphatic heterocycles. The van der Waals surface area contributed by atoms with Gasteiger partial charge in [0.1, 0.15) is 0 Å². The van der Waals surface area contributed by atoms with E-state index in [1.165, 1.54) is 25.7 Å². The Morgan fingerprint density at radius 3 is 2.61 bits per heavy atom. The maximum atomic E-state index is 5.80. The topological polar surface area (TPSA) is 24.5 Å². The quantitative estimate of drug-likeness (QED) is 0.757. The highest BCUT2D eigenvalue weighted by atomic mass is 16.5. The summed E-state index contributed by atoms with van der Waals surface area (Å²) in [7, 11) is 4.35. The second-order valence-electron chi connectivity index (χ2n) is 6.19. The fourth-order valence-electron chi connectivity index (χ4n) is 2.89. The van der Waals surface area contributed by atoms with Crippen LogP contribution in [0.1, 0.15) is 46.5 Å². The molecule has 3 unspecified atom stereocenters. The van der Waals surface area contributed by atoms with E-state index in [1.54, 1.807) is 0 Å². The molecule has 0 spiro atoms. The first-order valence-corrected chi connectivity index (χ1v) is 7.56. The van der Waals surface area contributed by atoms with Gasteiger partial charge in [0.2, 0.25) is 0 Å². The predicted molar refractivity (Wildman–Crippen MR) is 78.0 cm³/mol. The Morgan fingerprint density at radius 1 is 1.33 bits per heavy atom. The lowest BCUT2D eigenvalue weighted by Gasteiger charge is -2.34. The predicted octanol–water partition coefficient (Wildman–Crippen LogP) is 2.51. The van der Waals surface area contributed by atoms with Crippen LogP contribution < -0.4 is 5.32 Å². The van der Waals surface area contributed by atoms with E-state index >= 15 is 0 Å². The molecule has 1 fully saturated rings. The van der Waals surface area contributed by atoms with Gasteiger partial charge in [-0.1, -0.05) is 27.2 Å². The summed E-state index contributed by atoms with van der Waals surface area (Å²) in [6.45, 7) is 8.86. The van der Waals surface area contributed by atoms with Gasteiger partial charge in [-0.25, -0.2) is 0 Å². The van der Waals surface area contributed by atoms with Gasteiger partial charge in [-0.3, -0.25) is 0 Å². The SMILES string of the molecule is CCCC1CC(NCC(C(C)C)N(C)C)CCO1. The third-order valence-electron chi connectivity index (χ3n) is 4.03. The van der Waals surface area contributed by atoms with Crippen molar-refractivity contribution in [3.8, 4) is 0 Å². The first-order valence-electron chi connectivity index (χ1n) is 7.56. The number of hydrogen-bond acceptors (Lipinski definition) is 3. The summed E-state index contributed by atoms with van der Waals surface area (Å²) in [6, 6.07) is 1.27. The highest BCUT2D eigenvalue weighted by Crippen LogP contribution is 2.18. The van der Waals surface area contributed by atoms with Crippen LogP contribution in [0.2, 0.25) is 0 Å². The molecule has 0 aromatic rings. The molecule has 3 heteroatoms. The van der Waals surface area contributed by atoms with Crippen LogP contribution in [0.15, 0.2) is 0 Å². The van der Waals surface area contributed by atoms with Crippen molar-refractivity contribution in [2.45, 2.75) is 64.6 Å². The van der Waals surface area contributed by atoms with Gasteiger partial charge in [-0.2, -0.15) is 0 Å². The van der Waals surface area contributed by atoms with E-state index in [-0.39, 0.29) is 0 Å². The Morgan fingerprint density at radius 2 is 2.06 bits per heavy atom. The van der Waals surface area contributed by atoms with Crippen LogP contribution in [0.4, 0.5) is 0 Å². The zero-order valence-electron chi connectivity index (χ0n) is 12.9. The zero-order chi connectivity index (χ0) is 13.5. The molecule has 0 saturated carbocycles. The van der Waals surface area contributed by atoms with Crippen molar-refractivity contribution in [1.82, 2.24) is 10.2 Å². The van der Waals surface area contributed by atoms with Gasteiger partial charge in [0.25, 0.3) is 0 Å². The third-order valence-corrected chi connectivity index (χ3v) is 4.03. The van der Waals surface area contributed by atoms with E-state index in [0.717, 1.165) is 13.2 Å². The molecule has 18 heavy (non-hydrogen) atoms. The summed E-state index contributed by atoms with van der Waals surface area (Å²) < 4.78 is 5.80. The molecule has 0 bridgehead atoms. The molecule has 1 heterocycles. The Balaban J connectivity index is 2.33. The van der Waals surface area contributed by atoms with Gasteiger partial charge in [0.15, 0.2) is 0 Å². The Hall–Kier alpha value is -0.120. The van der Waals surface area contributed by atoms with Gasteiger partial charge < -0.3 is 15.0 Å². The largest absolute Gasteiger partial charge is 0.378 e. The lowest BCUT2D eigenvalue weighted by molar-refractivity contribution is -0.00431. The lowest BCUT2D eigenvalue weighted by atomic mass is 9.98. The average molecular weight is 256 g/mol. The van der Waals surface area contributed by atoms with Crippen LogP contribution in [-0.2, 0) is 4.74 Å². The Labute approximate surface area is 113 Å². The number of hydrogen-bond donors (Lipinski definition) is 1. The van der Waals surface area contributed by atoms with E-state index in [4.69, 9.17) is 4.74 Å². The Kier molecular flexibility index (Phi) is 7.20. The molecule has 0 amide bonds. The van der Waals surface area contributed by atoms with Crippen LogP contribution >= 0.6 is 0 Å². The number of ether oxygens (including phenoxy) is 1. The minimum absolute atomic E-state index is 0.484. The standard InChI is InChI=1S/C15H32N2O/c1-6-7-14-10-13(8-9-18-14)16-11-15(12(2)3)17(4)5/h12-16H,6-11H2,1-5H3. The Bertz CT molecular complexity index is 209. The average Bonchev–Trinajstić information content (AvgIpc) is 2.29. The summed E-state index contributed by atoms with van der Waals surface area (Å²) in [5.41, 5.74) is 0. The third kappa shape index (κ3) is 5.25. The van der Waals surface area contributed by atoms with Crippen molar-refractivity contribution in [1.29, 1.82) is 0 Å². The second kappa shape index (κ2) is 8.13. The molecule has 0 aliphatic carbocycles. The number of likely N-dealkylation sites (N-methyl/N-ethyl adjacent to an activating group) is 1. The summed E-state index contributed by atoms with van der Waals surface area (Å²) in [6.07, 6.45) is 5.27. The molecule has 1 saturated heterocycles. The van der Waals surface area contributed by atoms with Crippen molar-refractivity contribution in [3.05, 3.63) is 0 Å². The molecule has 108 valence electrons. The molecule has 3 atom stereocenters. The van der Waals surface area contributed by atoms with Crippen molar-refractivity contribution in [3.63, 3.8) is 0 Å². The summed E-state index contributed by atoms with van der Waals surface area (Å²) >= 11 is 0. The fourth-order valence-corrected chi connectivity index (χ4v) is 2.89. The highest BCUT2D eigenvalue weighted by Gasteiger charge is 2.23. The molecule has 0 radical (unpaired) electrons. The van der Waals surface area contributed by atoms with Crippen LogP contribution in [0.3, 0.4) is 0 Å². The maximum absolute atomic E-state index is 5.80. The first kappa shape index (κ1) is 15.9. The van der Waals surface area contributed by atoms with Gasteiger partial charge in [0.05, 0.1) is 6.10 Å². The van der Waals surface area contributed by atoms with Crippen LogP contribution in [0.5, 0.6) is 0 Å². The normalized spacial score (nSPS) is 26.8. The minimum Gasteiger partial charge on any atom is -0.378 e. The summed E-state index contributed by atoms with van der Waals surface area (Å²) in [5.74, 6) is 0.693. The number of nitrogens with zero attached hydrogens (tertiary/aromatic N) is 1. The smallest absolute Gasteiger partial charge is 0.0589 e. The van der Waals surface area contributed by atoms with Crippen LogP contribution in [-0.4, -0.2) is 50.3 Å². The number of nitrogens with one attached hydrogen (secondary N) is 1. The van der Waals surface area contributed by atoms with Gasteiger partial charge >= 0.3 is 0 Å². The molecule has 3 nitrogen and oxygen atoms in total. The molecule has 1 N–H and O–H groups in total. The summed E-state index contributed by atoms with van der Waals surface area (Å²) in [4.78, 5) is 2.33. The number of rotatable bonds is 7. The van der Waals surface area contributed by atoms with Gasteiger partial charge in [-0.05, 0) is 39.3 Å². The van der Waals surface area contributed by atoms with E-state index in [9.17, 15) is 0 Å². The van der Waals surface area contributed by atoms with Crippen molar-refractivity contribution in [2.24, 2.45) is 5.92 Å². The van der Waals surface area contributed by atoms with E-state index < -0.39 is 0 Å². The van der Waals surface area contributed by atoms with Gasteiger partial charge in [-0.15, -0.1) is 0 Å². The lowest BCUT2D eigenvalue weighted by Crippen LogP contribution is -2.47. The highest BCUT2D eigenvalue weighted by molar-refractivity contribution is 4.80. The van der Waals surface area contributed by atoms with E-state index in [2.05, 4.69) is 45.1 Å². The van der Waals surface area contributed by atoms with Crippen molar-refractivity contribution in [2.75, 3.05) is 27.2 Å². The first-order chi connectivity index (χ1) is 8.54. The second-order valence-corrected chi connectivity index (χ2v) is 6.19. The zero-order valence-corrected chi connectivity index (χ0v) is 12.9. The maximum Gasteiger partial charge on any atom is 0.0589 e. The minimum atomic E-state index is 0.484. The van der Waals surface area contributed by atoms with Crippen molar-refractivity contribution < 1.29 is 4.74 Å². The molecule has 1 aliphatic rings. The monoisotopic (exact) mass is 256 g/mol. The van der Waals surface area contributed by atoms with Gasteiger partial charge in [0, 0.05) is 25.2 Å². The van der Waals surface area contributed by atoms with E-state index in [1.807, 2.05) is 0 Å². The van der Waals surface area contributed by atoms with Crippen LogP contribution in [0, 0.1) is 5.92 Å². The molecule has 0 aromatic carbocycles. The van der Waals surface area contributed by atoms with E-state index in [0.29, 0.717) is 24.1 Å². The summed E-state index contributed by atoms with van der Waals surface area (Å²) in [5, 5.41) is 3.75. The molecular formula is C15H32N2O. The van der Waals surface area contributed by atoms with Crippen molar-refractivity contribution >= 4 is 0 Å². The van der Waals surface area contributed by atoms with Crippen LogP contribution in [0.25, 0.3) is 0 Å².